The molecule has 0 aromatic heterocycles. The van der Waals surface area contributed by atoms with Gasteiger partial charge in [0.2, 0.25) is 0 Å². The molecule has 0 aromatic carbocycles. The van der Waals surface area contributed by atoms with Crippen LogP contribution in [0.2, 0.25) is 0 Å². The average Bonchev–Trinajstić information content (AvgIpc) is 2.60. The SMILES string of the molecule is COC(=O)C1=C[C@H](C)C(C)(C)[C@H]2CC(C)(C)C=C12. The van der Waals surface area contributed by atoms with Gasteiger partial charge < -0.3 is 4.74 Å². The predicted molar refractivity (Wildman–Crippen MR) is 73.0 cm³/mol. The number of allylic oxidation sites excluding steroid dienone is 2. The number of hydrogen-bond acceptors (Lipinski definition) is 2. The lowest BCUT2D eigenvalue weighted by Crippen LogP contribution is -2.36. The van der Waals surface area contributed by atoms with E-state index in [1.54, 1.807) is 0 Å². The number of fused-ring (bicyclic) bond motifs is 1. The highest BCUT2D eigenvalue weighted by molar-refractivity contribution is 5.94. The van der Waals surface area contributed by atoms with Gasteiger partial charge in [-0.1, -0.05) is 46.8 Å². The third-order valence-electron chi connectivity index (χ3n) is 4.86. The summed E-state index contributed by atoms with van der Waals surface area (Å²) in [5.41, 5.74) is 2.38. The summed E-state index contributed by atoms with van der Waals surface area (Å²) < 4.78 is 4.93. The third-order valence-corrected chi connectivity index (χ3v) is 4.86. The van der Waals surface area contributed by atoms with Crippen LogP contribution in [0.15, 0.2) is 23.3 Å². The van der Waals surface area contributed by atoms with Crippen LogP contribution in [0.1, 0.15) is 41.0 Å². The minimum atomic E-state index is -0.189. The van der Waals surface area contributed by atoms with Crippen molar-refractivity contribution in [2.45, 2.75) is 41.0 Å². The first-order valence-electron chi connectivity index (χ1n) is 6.72. The summed E-state index contributed by atoms with van der Waals surface area (Å²) >= 11 is 0. The second kappa shape index (κ2) is 3.97. The second-order valence-electron chi connectivity index (χ2n) is 7.03. The summed E-state index contributed by atoms with van der Waals surface area (Å²) in [5.74, 6) is 0.663. The molecule has 2 aliphatic carbocycles. The zero-order valence-corrected chi connectivity index (χ0v) is 12.3. The lowest BCUT2D eigenvalue weighted by molar-refractivity contribution is -0.136. The Bertz CT molecular complexity index is 438. The van der Waals surface area contributed by atoms with Crippen LogP contribution in [-0.4, -0.2) is 13.1 Å². The first-order chi connectivity index (χ1) is 8.19. The minimum absolute atomic E-state index is 0.175. The Morgan fingerprint density at radius 1 is 1.33 bits per heavy atom. The highest BCUT2D eigenvalue weighted by atomic mass is 16.5. The van der Waals surface area contributed by atoms with Gasteiger partial charge in [0.25, 0.3) is 0 Å². The molecule has 0 bridgehead atoms. The molecule has 0 aromatic rings. The standard InChI is InChI=1S/C16H24O2/c1-10-7-11(14(17)18-6)12-8-15(2,3)9-13(12)16(10,4)5/h7-8,10,13H,9H2,1-6H3/t10-,13-/m0/s1. The van der Waals surface area contributed by atoms with Crippen LogP contribution < -0.4 is 0 Å². The first kappa shape index (κ1) is 13.4. The topological polar surface area (TPSA) is 26.3 Å². The fourth-order valence-corrected chi connectivity index (χ4v) is 3.32. The van der Waals surface area contributed by atoms with Crippen molar-refractivity contribution >= 4 is 5.97 Å². The molecule has 0 saturated heterocycles. The average molecular weight is 248 g/mol. The third kappa shape index (κ3) is 1.92. The Labute approximate surface area is 110 Å². The van der Waals surface area contributed by atoms with E-state index in [-0.39, 0.29) is 16.8 Å². The maximum absolute atomic E-state index is 11.9. The number of esters is 1. The minimum Gasteiger partial charge on any atom is -0.465 e. The quantitative estimate of drug-likeness (QED) is 0.661. The molecule has 0 unspecified atom stereocenters. The summed E-state index contributed by atoms with van der Waals surface area (Å²) in [5, 5.41) is 0. The number of methoxy groups -OCH3 is 1. The number of carbonyl (C=O) groups excluding carboxylic acids is 1. The Morgan fingerprint density at radius 3 is 2.50 bits per heavy atom. The fraction of sp³-hybridized carbons (Fsp3) is 0.688. The fourth-order valence-electron chi connectivity index (χ4n) is 3.32. The van der Waals surface area contributed by atoms with Gasteiger partial charge in [0.1, 0.15) is 0 Å². The van der Waals surface area contributed by atoms with E-state index in [2.05, 4.69) is 46.8 Å². The van der Waals surface area contributed by atoms with Crippen molar-refractivity contribution in [3.8, 4) is 0 Å². The number of hydrogen-bond donors (Lipinski definition) is 0. The van der Waals surface area contributed by atoms with Gasteiger partial charge in [-0.15, -0.1) is 0 Å². The van der Waals surface area contributed by atoms with Crippen molar-refractivity contribution in [1.29, 1.82) is 0 Å². The molecule has 100 valence electrons. The summed E-state index contributed by atoms with van der Waals surface area (Å²) in [6.45, 7) is 11.3. The van der Waals surface area contributed by atoms with Crippen LogP contribution in [-0.2, 0) is 9.53 Å². The molecule has 2 rings (SSSR count). The molecular weight excluding hydrogens is 224 g/mol. The molecule has 0 fully saturated rings. The van der Waals surface area contributed by atoms with Crippen molar-refractivity contribution in [3.63, 3.8) is 0 Å². The van der Waals surface area contributed by atoms with E-state index in [0.29, 0.717) is 11.8 Å². The van der Waals surface area contributed by atoms with E-state index < -0.39 is 0 Å². The number of ether oxygens (including phenoxy) is 1. The molecule has 0 saturated carbocycles. The van der Waals surface area contributed by atoms with Crippen molar-refractivity contribution in [3.05, 3.63) is 23.3 Å². The van der Waals surface area contributed by atoms with Gasteiger partial charge in [0.05, 0.1) is 12.7 Å². The first-order valence-corrected chi connectivity index (χ1v) is 6.72. The number of rotatable bonds is 1. The van der Waals surface area contributed by atoms with Gasteiger partial charge in [-0.3, -0.25) is 0 Å². The predicted octanol–water partition coefficient (Wildman–Crippen LogP) is 3.73. The Balaban J connectivity index is 2.52. The molecule has 2 nitrogen and oxygen atoms in total. The molecule has 0 heterocycles. The molecule has 2 atom stereocenters. The molecule has 0 aliphatic heterocycles. The van der Waals surface area contributed by atoms with Crippen molar-refractivity contribution < 1.29 is 9.53 Å². The van der Waals surface area contributed by atoms with E-state index in [9.17, 15) is 4.79 Å². The Hall–Kier alpha value is -1.05. The lowest BCUT2D eigenvalue weighted by atomic mass is 9.62. The van der Waals surface area contributed by atoms with Gasteiger partial charge >= 0.3 is 5.97 Å². The van der Waals surface area contributed by atoms with Crippen LogP contribution in [0.25, 0.3) is 0 Å². The van der Waals surface area contributed by atoms with Gasteiger partial charge in [-0.05, 0) is 34.7 Å². The van der Waals surface area contributed by atoms with Crippen molar-refractivity contribution in [2.24, 2.45) is 22.7 Å². The smallest absolute Gasteiger partial charge is 0.337 e. The van der Waals surface area contributed by atoms with E-state index in [0.717, 1.165) is 12.0 Å². The van der Waals surface area contributed by atoms with E-state index in [1.807, 2.05) is 0 Å². The molecular formula is C16H24O2. The molecule has 0 amide bonds. The zero-order valence-electron chi connectivity index (χ0n) is 12.3. The maximum atomic E-state index is 11.9. The molecule has 2 heteroatoms. The van der Waals surface area contributed by atoms with Crippen LogP contribution in [0.5, 0.6) is 0 Å². The summed E-state index contributed by atoms with van der Waals surface area (Å²) in [7, 11) is 1.46. The van der Waals surface area contributed by atoms with E-state index >= 15 is 0 Å². The normalized spacial score (nSPS) is 32.3. The molecule has 18 heavy (non-hydrogen) atoms. The summed E-state index contributed by atoms with van der Waals surface area (Å²) in [6, 6.07) is 0. The van der Waals surface area contributed by atoms with Crippen LogP contribution in [0.3, 0.4) is 0 Å². The molecule has 0 N–H and O–H groups in total. The van der Waals surface area contributed by atoms with Crippen LogP contribution in [0, 0.1) is 22.7 Å². The second-order valence-corrected chi connectivity index (χ2v) is 7.03. The summed E-state index contributed by atoms with van der Waals surface area (Å²) in [4.78, 5) is 11.9. The Morgan fingerprint density at radius 2 is 1.94 bits per heavy atom. The van der Waals surface area contributed by atoms with Crippen molar-refractivity contribution in [1.82, 2.24) is 0 Å². The maximum Gasteiger partial charge on any atom is 0.337 e. The highest BCUT2D eigenvalue weighted by Crippen LogP contribution is 2.56. The van der Waals surface area contributed by atoms with Crippen molar-refractivity contribution in [2.75, 3.05) is 7.11 Å². The molecule has 2 aliphatic rings. The number of carbonyl (C=O) groups is 1. The zero-order chi connectivity index (χ0) is 13.7. The molecule has 0 spiro atoms. The van der Waals surface area contributed by atoms with E-state index in [4.69, 9.17) is 4.74 Å². The largest absolute Gasteiger partial charge is 0.465 e. The van der Waals surface area contributed by atoms with Gasteiger partial charge in [-0.25, -0.2) is 4.79 Å². The van der Waals surface area contributed by atoms with Crippen LogP contribution >= 0.6 is 0 Å². The molecule has 0 radical (unpaired) electrons. The van der Waals surface area contributed by atoms with Crippen LogP contribution in [0.4, 0.5) is 0 Å². The van der Waals surface area contributed by atoms with E-state index in [1.165, 1.54) is 12.7 Å². The summed E-state index contributed by atoms with van der Waals surface area (Å²) in [6.07, 6.45) is 5.48. The van der Waals surface area contributed by atoms with Gasteiger partial charge in [-0.2, -0.15) is 0 Å². The monoisotopic (exact) mass is 248 g/mol. The lowest BCUT2D eigenvalue weighted by Gasteiger charge is -2.42. The van der Waals surface area contributed by atoms with Gasteiger partial charge in [0, 0.05) is 0 Å². The van der Waals surface area contributed by atoms with Gasteiger partial charge in [0.15, 0.2) is 0 Å². The highest BCUT2D eigenvalue weighted by Gasteiger charge is 2.47. The Kier molecular flexibility index (Phi) is 2.95.